The lowest BCUT2D eigenvalue weighted by atomic mass is 9.80. The molecule has 12 heteroatoms. The molecule has 2 aromatic rings. The van der Waals surface area contributed by atoms with Crippen LogP contribution in [-0.2, 0) is 17.2 Å². The van der Waals surface area contributed by atoms with Crippen LogP contribution in [0.25, 0.3) is 0 Å². The molecule has 0 saturated carbocycles. The van der Waals surface area contributed by atoms with E-state index in [1.54, 1.807) is 29.2 Å². The van der Waals surface area contributed by atoms with Crippen LogP contribution in [0.3, 0.4) is 0 Å². The van der Waals surface area contributed by atoms with Crippen LogP contribution in [0.1, 0.15) is 53.2 Å². The zero-order chi connectivity index (χ0) is 30.8. The largest absolute Gasteiger partial charge is 0.416 e. The van der Waals surface area contributed by atoms with Crippen LogP contribution in [0.5, 0.6) is 0 Å². The number of hydrogen-bond acceptors (Lipinski definition) is 5. The van der Waals surface area contributed by atoms with Crippen molar-refractivity contribution < 1.29 is 31.7 Å². The van der Waals surface area contributed by atoms with E-state index in [2.05, 4.69) is 16.6 Å². The summed E-state index contributed by atoms with van der Waals surface area (Å²) >= 11 is 0. The minimum Gasteiger partial charge on any atom is -0.391 e. The van der Waals surface area contributed by atoms with Crippen LogP contribution in [0, 0.1) is 11.8 Å². The summed E-state index contributed by atoms with van der Waals surface area (Å²) in [5.41, 5.74) is -0.532. The van der Waals surface area contributed by atoms with E-state index < -0.39 is 46.5 Å². The number of anilines is 1. The van der Waals surface area contributed by atoms with Crippen molar-refractivity contribution >= 4 is 22.6 Å². The third kappa shape index (κ3) is 7.30. The Morgan fingerprint density at radius 2 is 1.88 bits per heavy atom. The fourth-order valence-electron chi connectivity index (χ4n) is 6.65. The number of aliphatic hydroxyl groups excluding tert-OH is 1. The molecular weight excluding hydrogens is 584 g/mol. The number of aliphatic hydroxyl groups is 1. The Morgan fingerprint density at radius 1 is 1.16 bits per heavy atom. The van der Waals surface area contributed by atoms with Crippen molar-refractivity contribution in [3.05, 3.63) is 77.2 Å². The van der Waals surface area contributed by atoms with E-state index in [0.717, 1.165) is 30.7 Å². The first-order valence-corrected chi connectivity index (χ1v) is 15.9. The van der Waals surface area contributed by atoms with Crippen LogP contribution in [-0.4, -0.2) is 71.2 Å². The summed E-state index contributed by atoms with van der Waals surface area (Å²) in [6.45, 7) is 6.19. The molecule has 6 unspecified atom stereocenters. The number of nitrogens with zero attached hydrogens (tertiary/aromatic N) is 2. The Morgan fingerprint density at radius 3 is 2.51 bits per heavy atom. The third-order valence-corrected chi connectivity index (χ3v) is 9.66. The zero-order valence-electron chi connectivity index (χ0n) is 23.9. The van der Waals surface area contributed by atoms with Gasteiger partial charge in [0.2, 0.25) is 0 Å². The number of amides is 1. The number of alkyl halides is 4. The summed E-state index contributed by atoms with van der Waals surface area (Å²) in [5, 5.41) is 15.6. The van der Waals surface area contributed by atoms with Crippen molar-refractivity contribution in [3.63, 3.8) is 0 Å². The second kappa shape index (κ2) is 13.1. The van der Waals surface area contributed by atoms with Gasteiger partial charge in [-0.15, -0.1) is 0 Å². The lowest BCUT2D eigenvalue weighted by Crippen LogP contribution is -2.45. The van der Waals surface area contributed by atoms with Gasteiger partial charge in [0.25, 0.3) is 5.91 Å². The number of rotatable bonds is 9. The molecule has 1 amide bonds. The van der Waals surface area contributed by atoms with Crippen LogP contribution in [0.2, 0.25) is 0 Å². The number of carbonyl (C=O) groups excluding carboxylic acids is 1. The van der Waals surface area contributed by atoms with E-state index in [-0.39, 0.29) is 31.3 Å². The summed E-state index contributed by atoms with van der Waals surface area (Å²) in [4.78, 5) is 16.9. The lowest BCUT2D eigenvalue weighted by molar-refractivity contribution is -0.137. The Balaban J connectivity index is 1.37. The number of piperidine rings is 1. The van der Waals surface area contributed by atoms with Gasteiger partial charge in [-0.05, 0) is 80.1 Å². The standard InChI is InChI=1S/C31H38F4N4O3S/c1-2-43(42)37-17-21-12-15-38(18-21)29(41)23-6-4-22(5-7-23)28-26(16-30(32)13-3-14-36-20-30)27(40)19-39(28)25-10-8-24(9-11-25)31(33,34)35/h2,4-11,21,26-28,36-37,40H,1,3,12-20H2. The van der Waals surface area contributed by atoms with Gasteiger partial charge in [0.15, 0.2) is 0 Å². The van der Waals surface area contributed by atoms with Crippen LogP contribution in [0.15, 0.2) is 60.5 Å². The SMILES string of the molecule is C=CS(=O)NCC1CCN(C(=O)c2ccc(C3C(CC4(F)CCCNC4)C(O)CN3c3ccc(C(F)(F)F)cc3)cc2)C1. The quantitative estimate of drug-likeness (QED) is 0.357. The fourth-order valence-corrected chi connectivity index (χ4v) is 7.17. The first kappa shape index (κ1) is 31.6. The number of benzene rings is 2. The molecule has 0 spiro atoms. The number of β-amino-alcohol motifs (C(OH)–C–C–N with tert-alkyl or cyclic N) is 1. The third-order valence-electron chi connectivity index (χ3n) is 8.91. The van der Waals surface area contributed by atoms with Crippen molar-refractivity contribution in [1.82, 2.24) is 14.9 Å². The van der Waals surface area contributed by atoms with E-state index >= 15 is 4.39 Å². The smallest absolute Gasteiger partial charge is 0.391 e. The first-order valence-electron chi connectivity index (χ1n) is 14.6. The van der Waals surface area contributed by atoms with Gasteiger partial charge in [0.05, 0.1) is 17.7 Å². The van der Waals surface area contributed by atoms with E-state index in [1.165, 1.54) is 17.5 Å². The zero-order valence-corrected chi connectivity index (χ0v) is 24.7. The normalized spacial score (nSPS) is 28.7. The summed E-state index contributed by atoms with van der Waals surface area (Å²) in [6, 6.07) is 11.3. The van der Waals surface area contributed by atoms with Crippen molar-refractivity contribution in [2.24, 2.45) is 11.8 Å². The molecule has 5 rings (SSSR count). The molecule has 0 radical (unpaired) electrons. The van der Waals surface area contributed by atoms with E-state index in [4.69, 9.17) is 0 Å². The van der Waals surface area contributed by atoms with E-state index in [9.17, 15) is 27.3 Å². The summed E-state index contributed by atoms with van der Waals surface area (Å²) in [7, 11) is -1.31. The van der Waals surface area contributed by atoms with E-state index in [0.29, 0.717) is 43.7 Å². The van der Waals surface area contributed by atoms with Crippen molar-refractivity contribution in [2.75, 3.05) is 44.2 Å². The van der Waals surface area contributed by atoms with Crippen molar-refractivity contribution in [1.29, 1.82) is 0 Å². The molecule has 2 aromatic carbocycles. The summed E-state index contributed by atoms with van der Waals surface area (Å²) < 4.78 is 70.1. The van der Waals surface area contributed by atoms with Crippen molar-refractivity contribution in [2.45, 2.75) is 49.7 Å². The fraction of sp³-hybridized carbons (Fsp3) is 0.516. The van der Waals surface area contributed by atoms with Crippen LogP contribution >= 0.6 is 0 Å². The maximum Gasteiger partial charge on any atom is 0.416 e. The highest BCUT2D eigenvalue weighted by Crippen LogP contribution is 2.46. The molecule has 3 N–H and O–H groups in total. The molecule has 3 heterocycles. The topological polar surface area (TPSA) is 84.9 Å². The number of hydrogen-bond donors (Lipinski definition) is 3. The molecule has 3 aliphatic heterocycles. The molecule has 7 nitrogen and oxygen atoms in total. The molecule has 6 atom stereocenters. The molecule has 0 bridgehead atoms. The van der Waals surface area contributed by atoms with Gasteiger partial charge in [-0.1, -0.05) is 18.7 Å². The Kier molecular flexibility index (Phi) is 9.60. The maximum atomic E-state index is 15.9. The van der Waals surface area contributed by atoms with Gasteiger partial charge in [-0.3, -0.25) is 4.79 Å². The predicted octanol–water partition coefficient (Wildman–Crippen LogP) is 4.58. The number of halogens is 4. The van der Waals surface area contributed by atoms with Crippen LogP contribution < -0.4 is 14.9 Å². The van der Waals surface area contributed by atoms with Gasteiger partial charge >= 0.3 is 6.18 Å². The number of likely N-dealkylation sites (tertiary alicyclic amines) is 1. The number of carbonyl (C=O) groups is 1. The molecule has 3 fully saturated rings. The molecule has 3 aliphatic rings. The summed E-state index contributed by atoms with van der Waals surface area (Å²) in [5.74, 6) is -0.466. The highest BCUT2D eigenvalue weighted by molar-refractivity contribution is 7.86. The van der Waals surface area contributed by atoms with E-state index in [1.807, 2.05) is 4.90 Å². The van der Waals surface area contributed by atoms with Gasteiger partial charge in [0.1, 0.15) is 16.7 Å². The van der Waals surface area contributed by atoms with Gasteiger partial charge in [-0.25, -0.2) is 13.3 Å². The second-order valence-electron chi connectivity index (χ2n) is 11.8. The first-order chi connectivity index (χ1) is 20.5. The predicted molar refractivity (Wildman–Crippen MR) is 158 cm³/mol. The number of nitrogens with one attached hydrogen (secondary N) is 2. The van der Waals surface area contributed by atoms with Gasteiger partial charge < -0.3 is 20.2 Å². The van der Waals surface area contributed by atoms with Crippen molar-refractivity contribution in [3.8, 4) is 0 Å². The maximum absolute atomic E-state index is 15.9. The Labute approximate surface area is 251 Å². The second-order valence-corrected chi connectivity index (χ2v) is 13.1. The molecule has 0 aliphatic carbocycles. The molecular formula is C31H38F4N4O3S. The minimum absolute atomic E-state index is 0.101. The lowest BCUT2D eigenvalue weighted by Gasteiger charge is -2.36. The Hall–Kier alpha value is -2.80. The molecule has 234 valence electrons. The Bertz CT molecular complexity index is 1300. The average molecular weight is 623 g/mol. The van der Waals surface area contributed by atoms with Gasteiger partial charge in [0, 0.05) is 55.3 Å². The summed E-state index contributed by atoms with van der Waals surface area (Å²) in [6.07, 6.45) is -3.42. The molecule has 3 saturated heterocycles. The van der Waals surface area contributed by atoms with Crippen LogP contribution in [0.4, 0.5) is 23.2 Å². The molecule has 43 heavy (non-hydrogen) atoms. The highest BCUT2D eigenvalue weighted by Gasteiger charge is 2.47. The minimum atomic E-state index is -4.47. The van der Waals surface area contributed by atoms with Gasteiger partial charge in [-0.2, -0.15) is 13.2 Å². The monoisotopic (exact) mass is 622 g/mol. The molecule has 0 aromatic heterocycles. The average Bonchev–Trinajstić information content (AvgIpc) is 3.60. The highest BCUT2D eigenvalue weighted by atomic mass is 32.2.